The largest absolute Gasteiger partial charge is 0.534 e. The number of carboxylic acid groups (broad SMARTS) is 1. The molecule has 0 spiro atoms. The highest BCUT2D eigenvalue weighted by Gasteiger charge is 2.50. The summed E-state index contributed by atoms with van der Waals surface area (Å²) >= 11 is 0. The molecular formula is C21H33F3O7S. The lowest BCUT2D eigenvalue weighted by atomic mass is 9.93. The maximum absolute atomic E-state index is 12.8. The van der Waals surface area contributed by atoms with Gasteiger partial charge in [0.1, 0.15) is 5.76 Å². The van der Waals surface area contributed by atoms with E-state index in [1.807, 2.05) is 6.92 Å². The normalized spacial score (nSPS) is 20.8. The molecule has 0 saturated heterocycles. The van der Waals surface area contributed by atoms with E-state index in [-0.39, 0.29) is 24.8 Å². The van der Waals surface area contributed by atoms with E-state index >= 15 is 0 Å². The van der Waals surface area contributed by atoms with E-state index < -0.39 is 45.5 Å². The van der Waals surface area contributed by atoms with Crippen LogP contribution in [0, 0.1) is 5.92 Å². The van der Waals surface area contributed by atoms with Gasteiger partial charge in [-0.25, -0.2) is 0 Å². The molecule has 3 atom stereocenters. The Bertz CT molecular complexity index is 760. The van der Waals surface area contributed by atoms with Gasteiger partial charge in [-0.2, -0.15) is 21.6 Å². The molecule has 0 aromatic rings. The summed E-state index contributed by atoms with van der Waals surface area (Å²) in [6.45, 7) is 2.02. The fourth-order valence-electron chi connectivity index (χ4n) is 3.58. The summed E-state index contributed by atoms with van der Waals surface area (Å²) in [5.41, 5.74) is -5.34. The minimum absolute atomic E-state index is 0.0148. The first-order chi connectivity index (χ1) is 14.9. The SMILES string of the molecule is CCCCC[C@H](O)/C=C/[C@@H]1C(CCCCCCC(=O)O)=C(OS(=O)(=O)C(F)(F)F)C[C@H]1O. The van der Waals surface area contributed by atoms with E-state index in [4.69, 9.17) is 5.11 Å². The molecule has 0 radical (unpaired) electrons. The number of rotatable bonds is 15. The number of aliphatic carboxylic acids is 1. The number of carboxylic acids is 1. The van der Waals surface area contributed by atoms with Crippen LogP contribution in [0.1, 0.15) is 77.6 Å². The minimum atomic E-state index is -5.86. The third-order valence-electron chi connectivity index (χ3n) is 5.29. The van der Waals surface area contributed by atoms with E-state index in [0.29, 0.717) is 32.1 Å². The molecule has 186 valence electrons. The Hall–Kier alpha value is -1.59. The highest BCUT2D eigenvalue weighted by Crippen LogP contribution is 2.40. The van der Waals surface area contributed by atoms with Crippen molar-refractivity contribution in [3.05, 3.63) is 23.5 Å². The molecule has 0 aliphatic heterocycles. The number of hydrogen-bond donors (Lipinski definition) is 3. The molecule has 11 heteroatoms. The second-order valence-electron chi connectivity index (χ2n) is 7.98. The van der Waals surface area contributed by atoms with E-state index in [9.17, 15) is 36.6 Å². The van der Waals surface area contributed by atoms with Crippen LogP contribution in [0.15, 0.2) is 23.5 Å². The van der Waals surface area contributed by atoms with Gasteiger partial charge in [-0.05, 0) is 31.3 Å². The van der Waals surface area contributed by atoms with Crippen molar-refractivity contribution in [3.63, 3.8) is 0 Å². The molecule has 1 rings (SSSR count). The minimum Gasteiger partial charge on any atom is -0.481 e. The van der Waals surface area contributed by atoms with Gasteiger partial charge < -0.3 is 19.5 Å². The Balaban J connectivity index is 2.94. The molecule has 7 nitrogen and oxygen atoms in total. The van der Waals surface area contributed by atoms with Crippen molar-refractivity contribution in [1.29, 1.82) is 0 Å². The van der Waals surface area contributed by atoms with Crippen molar-refractivity contribution in [3.8, 4) is 0 Å². The third kappa shape index (κ3) is 9.50. The van der Waals surface area contributed by atoms with Crippen molar-refractivity contribution in [2.75, 3.05) is 0 Å². The second kappa shape index (κ2) is 13.2. The van der Waals surface area contributed by atoms with Gasteiger partial charge in [0.2, 0.25) is 0 Å². The lowest BCUT2D eigenvalue weighted by Gasteiger charge is -2.16. The first-order valence-electron chi connectivity index (χ1n) is 10.9. The predicted molar refractivity (Wildman–Crippen MR) is 112 cm³/mol. The molecule has 0 aromatic heterocycles. The average molecular weight is 487 g/mol. The highest BCUT2D eigenvalue weighted by atomic mass is 32.2. The van der Waals surface area contributed by atoms with Crippen LogP contribution >= 0.6 is 0 Å². The first kappa shape index (κ1) is 28.4. The summed E-state index contributed by atoms with van der Waals surface area (Å²) in [5.74, 6) is -2.11. The summed E-state index contributed by atoms with van der Waals surface area (Å²) < 4.78 is 65.6. The molecule has 0 saturated carbocycles. The zero-order valence-electron chi connectivity index (χ0n) is 18.2. The van der Waals surface area contributed by atoms with Crippen LogP contribution in [-0.4, -0.2) is 47.4 Å². The van der Waals surface area contributed by atoms with E-state index in [1.54, 1.807) is 0 Å². The zero-order valence-corrected chi connectivity index (χ0v) is 19.0. The van der Waals surface area contributed by atoms with Gasteiger partial charge in [0.15, 0.2) is 0 Å². The molecular weight excluding hydrogens is 453 g/mol. The van der Waals surface area contributed by atoms with Crippen molar-refractivity contribution >= 4 is 16.1 Å². The van der Waals surface area contributed by atoms with Gasteiger partial charge in [-0.15, -0.1) is 0 Å². The quantitative estimate of drug-likeness (QED) is 0.136. The highest BCUT2D eigenvalue weighted by molar-refractivity contribution is 7.87. The van der Waals surface area contributed by atoms with Crippen LogP contribution in [0.25, 0.3) is 0 Å². The molecule has 32 heavy (non-hydrogen) atoms. The Morgan fingerprint density at radius 2 is 1.84 bits per heavy atom. The van der Waals surface area contributed by atoms with E-state index in [1.165, 1.54) is 12.2 Å². The summed E-state index contributed by atoms with van der Waals surface area (Å²) in [7, 11) is -5.86. The van der Waals surface area contributed by atoms with Crippen LogP contribution in [0.4, 0.5) is 13.2 Å². The maximum Gasteiger partial charge on any atom is 0.534 e. The number of aliphatic hydroxyl groups excluding tert-OH is 2. The summed E-state index contributed by atoms with van der Waals surface area (Å²) in [5, 5.41) is 29.1. The Morgan fingerprint density at radius 3 is 2.44 bits per heavy atom. The van der Waals surface area contributed by atoms with Crippen molar-refractivity contribution in [2.45, 2.75) is 95.3 Å². The number of halogens is 3. The molecule has 0 unspecified atom stereocenters. The molecule has 0 aromatic carbocycles. The van der Waals surface area contributed by atoms with Gasteiger partial charge >= 0.3 is 21.6 Å². The predicted octanol–water partition coefficient (Wildman–Crippen LogP) is 4.41. The van der Waals surface area contributed by atoms with Gasteiger partial charge in [0.25, 0.3) is 0 Å². The van der Waals surface area contributed by atoms with Crippen molar-refractivity contribution in [2.24, 2.45) is 5.92 Å². The molecule has 0 amide bonds. The number of hydrogen-bond acceptors (Lipinski definition) is 6. The fourth-order valence-corrected chi connectivity index (χ4v) is 4.11. The summed E-state index contributed by atoms with van der Waals surface area (Å²) in [4.78, 5) is 10.6. The van der Waals surface area contributed by atoms with Crippen molar-refractivity contribution < 1.29 is 45.9 Å². The average Bonchev–Trinajstić information content (AvgIpc) is 2.95. The van der Waals surface area contributed by atoms with Gasteiger partial charge in [0.05, 0.1) is 12.2 Å². The lowest BCUT2D eigenvalue weighted by Crippen LogP contribution is -2.25. The zero-order chi connectivity index (χ0) is 24.4. The van der Waals surface area contributed by atoms with Gasteiger partial charge in [0, 0.05) is 18.8 Å². The Labute approximate surface area is 187 Å². The monoisotopic (exact) mass is 486 g/mol. The smallest absolute Gasteiger partial charge is 0.481 e. The number of carbonyl (C=O) groups is 1. The second-order valence-corrected chi connectivity index (χ2v) is 9.52. The number of alkyl halides is 3. The molecule has 0 fully saturated rings. The molecule has 1 aliphatic carbocycles. The number of unbranched alkanes of at least 4 members (excludes halogenated alkanes) is 5. The van der Waals surface area contributed by atoms with Crippen molar-refractivity contribution in [1.82, 2.24) is 0 Å². The van der Waals surface area contributed by atoms with E-state index in [2.05, 4.69) is 4.18 Å². The van der Waals surface area contributed by atoms with Crippen LogP contribution in [0.3, 0.4) is 0 Å². The maximum atomic E-state index is 12.8. The molecule has 0 heterocycles. The van der Waals surface area contributed by atoms with Gasteiger partial charge in [-0.3, -0.25) is 4.79 Å². The molecule has 0 bridgehead atoms. The summed E-state index contributed by atoms with van der Waals surface area (Å²) in [6.07, 6.45) is 6.15. The van der Waals surface area contributed by atoms with Crippen LogP contribution in [0.5, 0.6) is 0 Å². The first-order valence-corrected chi connectivity index (χ1v) is 12.3. The Morgan fingerprint density at radius 1 is 1.19 bits per heavy atom. The Kier molecular flexibility index (Phi) is 11.7. The number of aliphatic hydroxyl groups is 2. The summed E-state index contributed by atoms with van der Waals surface area (Å²) in [6, 6.07) is 0. The van der Waals surface area contributed by atoms with Gasteiger partial charge in [-0.1, -0.05) is 51.2 Å². The van der Waals surface area contributed by atoms with Crippen LogP contribution < -0.4 is 0 Å². The molecule has 3 N–H and O–H groups in total. The fraction of sp³-hybridized carbons (Fsp3) is 0.762. The standard InChI is InChI=1S/C21H33F3O7S/c1-2-3-6-9-15(25)12-13-16-17(10-7-4-5-8-11-20(27)28)19(14-18(16)26)31-32(29,30)21(22,23)24/h12-13,15-16,18,25-26H,2-11,14H2,1H3,(H,27,28)/b13-12+/t15-,16+,18+/m0/s1. The molecule has 1 aliphatic rings. The lowest BCUT2D eigenvalue weighted by molar-refractivity contribution is -0.137. The topological polar surface area (TPSA) is 121 Å². The van der Waals surface area contributed by atoms with Crippen LogP contribution in [-0.2, 0) is 19.1 Å². The van der Waals surface area contributed by atoms with E-state index in [0.717, 1.165) is 19.3 Å². The van der Waals surface area contributed by atoms with Crippen LogP contribution in [0.2, 0.25) is 0 Å². The third-order valence-corrected chi connectivity index (χ3v) is 6.28.